The fourth-order valence-electron chi connectivity index (χ4n) is 0.970. The number of allylic oxidation sites excluding steroid dienone is 1. The average Bonchev–Trinajstić information content (AvgIpc) is 1.98. The Kier molecular flexibility index (Phi) is 2.89. The maximum absolute atomic E-state index is 3.48. The van der Waals surface area contributed by atoms with Gasteiger partial charge in [0.25, 0.3) is 0 Å². The van der Waals surface area contributed by atoms with Gasteiger partial charge in [-0.15, -0.1) is 0 Å². The van der Waals surface area contributed by atoms with Crippen molar-refractivity contribution in [2.75, 3.05) is 0 Å². The van der Waals surface area contributed by atoms with E-state index in [2.05, 4.69) is 47.1 Å². The molecule has 1 heteroatoms. The van der Waals surface area contributed by atoms with Crippen molar-refractivity contribution in [2.24, 2.45) is 0 Å². The second-order valence-electron chi connectivity index (χ2n) is 2.52. The molecule has 0 nitrogen and oxygen atoms in total. The lowest BCUT2D eigenvalue weighted by atomic mass is 10.1. The Morgan fingerprint density at radius 2 is 2.09 bits per heavy atom. The van der Waals surface area contributed by atoms with Gasteiger partial charge in [0.15, 0.2) is 0 Å². The van der Waals surface area contributed by atoms with Crippen LogP contribution in [0.15, 0.2) is 28.7 Å². The molecule has 0 spiro atoms. The summed E-state index contributed by atoms with van der Waals surface area (Å²) in [5.74, 6) is 0. The number of benzene rings is 1. The number of rotatable bonds is 1. The second kappa shape index (κ2) is 3.72. The third-order valence-electron chi connectivity index (χ3n) is 1.50. The minimum absolute atomic E-state index is 1.15. The molecule has 0 fully saturated rings. The minimum Gasteiger partial charge on any atom is -0.0870 e. The van der Waals surface area contributed by atoms with Crippen molar-refractivity contribution < 1.29 is 0 Å². The highest BCUT2D eigenvalue weighted by molar-refractivity contribution is 9.10. The molecule has 0 heterocycles. The molecule has 0 amide bonds. The molecule has 0 radical (unpaired) electrons. The minimum atomic E-state index is 1.15. The SMILES string of the molecule is C/C=C/c1cc(C)ccc1Br. The van der Waals surface area contributed by atoms with Crippen molar-refractivity contribution >= 4 is 22.0 Å². The summed E-state index contributed by atoms with van der Waals surface area (Å²) in [6, 6.07) is 6.33. The average molecular weight is 211 g/mol. The molecule has 0 aliphatic rings. The van der Waals surface area contributed by atoms with Crippen molar-refractivity contribution in [1.82, 2.24) is 0 Å². The quantitative estimate of drug-likeness (QED) is 0.662. The Morgan fingerprint density at radius 1 is 1.36 bits per heavy atom. The van der Waals surface area contributed by atoms with Gasteiger partial charge in [0.1, 0.15) is 0 Å². The summed E-state index contributed by atoms with van der Waals surface area (Å²) in [7, 11) is 0. The van der Waals surface area contributed by atoms with Crippen LogP contribution in [0.1, 0.15) is 18.1 Å². The standard InChI is InChI=1S/C10H11Br/c1-3-4-9-7-8(2)5-6-10(9)11/h3-7H,1-2H3/b4-3+. The predicted octanol–water partition coefficient (Wildman–Crippen LogP) is 3.79. The molecule has 0 aromatic heterocycles. The maximum atomic E-state index is 3.48. The van der Waals surface area contributed by atoms with Gasteiger partial charge in [-0.3, -0.25) is 0 Å². The lowest BCUT2D eigenvalue weighted by molar-refractivity contribution is 1.44. The van der Waals surface area contributed by atoms with Gasteiger partial charge in [0.05, 0.1) is 0 Å². The fourth-order valence-corrected chi connectivity index (χ4v) is 1.35. The Balaban J connectivity index is 3.12. The van der Waals surface area contributed by atoms with Crippen LogP contribution in [-0.2, 0) is 0 Å². The van der Waals surface area contributed by atoms with Crippen molar-refractivity contribution in [1.29, 1.82) is 0 Å². The van der Waals surface area contributed by atoms with Crippen LogP contribution in [0.5, 0.6) is 0 Å². The molecule has 1 aromatic rings. The smallest absolute Gasteiger partial charge is 0.0247 e. The second-order valence-corrected chi connectivity index (χ2v) is 3.38. The van der Waals surface area contributed by atoms with E-state index in [0.717, 1.165) is 4.47 Å². The zero-order chi connectivity index (χ0) is 8.27. The zero-order valence-electron chi connectivity index (χ0n) is 6.76. The summed E-state index contributed by atoms with van der Waals surface area (Å²) >= 11 is 3.48. The molecule has 0 bridgehead atoms. The molecule has 11 heavy (non-hydrogen) atoms. The Labute approximate surface area is 76.1 Å². The van der Waals surface area contributed by atoms with Crippen LogP contribution in [-0.4, -0.2) is 0 Å². The van der Waals surface area contributed by atoms with Crippen LogP contribution in [0.4, 0.5) is 0 Å². The van der Waals surface area contributed by atoms with Gasteiger partial charge in [-0.1, -0.05) is 45.8 Å². The number of halogens is 1. The summed E-state index contributed by atoms with van der Waals surface area (Å²) < 4.78 is 1.15. The lowest BCUT2D eigenvalue weighted by Gasteiger charge is -1.98. The molecule has 0 saturated carbocycles. The van der Waals surface area contributed by atoms with Crippen molar-refractivity contribution in [3.8, 4) is 0 Å². The van der Waals surface area contributed by atoms with Crippen molar-refractivity contribution in [3.05, 3.63) is 39.9 Å². The molecule has 0 atom stereocenters. The van der Waals surface area contributed by atoms with Crippen LogP contribution in [0, 0.1) is 6.92 Å². The van der Waals surface area contributed by atoms with Crippen LogP contribution in [0.2, 0.25) is 0 Å². The first-order chi connectivity index (χ1) is 5.24. The molecule has 0 unspecified atom stereocenters. The summed E-state index contributed by atoms with van der Waals surface area (Å²) in [6.45, 7) is 4.12. The molecule has 0 aliphatic carbocycles. The first-order valence-electron chi connectivity index (χ1n) is 3.63. The van der Waals surface area contributed by atoms with E-state index >= 15 is 0 Å². The zero-order valence-corrected chi connectivity index (χ0v) is 8.35. The normalized spacial score (nSPS) is 10.8. The monoisotopic (exact) mass is 210 g/mol. The summed E-state index contributed by atoms with van der Waals surface area (Å²) in [5.41, 5.74) is 2.54. The Morgan fingerprint density at radius 3 is 2.73 bits per heavy atom. The maximum Gasteiger partial charge on any atom is 0.0247 e. The molecule has 0 saturated heterocycles. The highest BCUT2D eigenvalue weighted by Crippen LogP contribution is 2.19. The first kappa shape index (κ1) is 8.54. The van der Waals surface area contributed by atoms with E-state index in [1.54, 1.807) is 0 Å². The van der Waals surface area contributed by atoms with Crippen LogP contribution in [0.25, 0.3) is 6.08 Å². The van der Waals surface area contributed by atoms with E-state index in [9.17, 15) is 0 Å². The molecule has 1 rings (SSSR count). The van der Waals surface area contributed by atoms with Crippen molar-refractivity contribution in [2.45, 2.75) is 13.8 Å². The largest absolute Gasteiger partial charge is 0.0870 e. The molecular weight excluding hydrogens is 200 g/mol. The Hall–Kier alpha value is -0.560. The van der Waals surface area contributed by atoms with Gasteiger partial charge in [-0.2, -0.15) is 0 Å². The molecule has 1 aromatic carbocycles. The summed E-state index contributed by atoms with van der Waals surface area (Å²) in [5, 5.41) is 0. The topological polar surface area (TPSA) is 0 Å². The van der Waals surface area contributed by atoms with Crippen LogP contribution >= 0.6 is 15.9 Å². The third-order valence-corrected chi connectivity index (χ3v) is 2.22. The number of hydrogen-bond donors (Lipinski definition) is 0. The molecule has 58 valence electrons. The molecular formula is C10H11Br. The van der Waals surface area contributed by atoms with E-state index in [0.29, 0.717) is 0 Å². The number of hydrogen-bond acceptors (Lipinski definition) is 0. The molecule has 0 N–H and O–H groups in total. The summed E-state index contributed by atoms with van der Waals surface area (Å²) in [4.78, 5) is 0. The number of aryl methyl sites for hydroxylation is 1. The fraction of sp³-hybridized carbons (Fsp3) is 0.200. The van der Waals surface area contributed by atoms with E-state index in [-0.39, 0.29) is 0 Å². The predicted molar refractivity (Wildman–Crippen MR) is 53.6 cm³/mol. The van der Waals surface area contributed by atoms with Crippen LogP contribution < -0.4 is 0 Å². The van der Waals surface area contributed by atoms with Gasteiger partial charge >= 0.3 is 0 Å². The first-order valence-corrected chi connectivity index (χ1v) is 4.42. The Bertz CT molecular complexity index is 274. The van der Waals surface area contributed by atoms with Gasteiger partial charge in [0, 0.05) is 4.47 Å². The van der Waals surface area contributed by atoms with Gasteiger partial charge in [-0.05, 0) is 25.5 Å². The van der Waals surface area contributed by atoms with E-state index in [4.69, 9.17) is 0 Å². The third kappa shape index (κ3) is 2.19. The lowest BCUT2D eigenvalue weighted by Crippen LogP contribution is -1.77. The van der Waals surface area contributed by atoms with Crippen LogP contribution in [0.3, 0.4) is 0 Å². The van der Waals surface area contributed by atoms with Gasteiger partial charge in [0.2, 0.25) is 0 Å². The van der Waals surface area contributed by atoms with Gasteiger partial charge < -0.3 is 0 Å². The van der Waals surface area contributed by atoms with E-state index < -0.39 is 0 Å². The molecule has 0 aliphatic heterocycles. The van der Waals surface area contributed by atoms with E-state index in [1.165, 1.54) is 11.1 Å². The highest BCUT2D eigenvalue weighted by Gasteiger charge is 1.93. The van der Waals surface area contributed by atoms with Crippen molar-refractivity contribution in [3.63, 3.8) is 0 Å². The van der Waals surface area contributed by atoms with E-state index in [1.807, 2.05) is 13.0 Å². The summed E-state index contributed by atoms with van der Waals surface area (Å²) in [6.07, 6.45) is 4.14. The highest BCUT2D eigenvalue weighted by atomic mass is 79.9. The van der Waals surface area contributed by atoms with Gasteiger partial charge in [-0.25, -0.2) is 0 Å².